The molecular formula is C15H19NO5. The van der Waals surface area contributed by atoms with Crippen LogP contribution in [-0.2, 0) is 0 Å². The maximum absolute atomic E-state index is 12.7. The summed E-state index contributed by atoms with van der Waals surface area (Å²) < 4.78 is 11.1. The van der Waals surface area contributed by atoms with Crippen LogP contribution in [-0.4, -0.2) is 60.0 Å². The summed E-state index contributed by atoms with van der Waals surface area (Å²) in [5, 5.41) is 19.1. The zero-order chi connectivity index (χ0) is 14.8. The molecule has 2 heterocycles. The molecule has 3 rings (SSSR count). The molecule has 2 N–H and O–H groups in total. The van der Waals surface area contributed by atoms with E-state index in [4.69, 9.17) is 9.47 Å². The van der Waals surface area contributed by atoms with Gasteiger partial charge < -0.3 is 24.6 Å². The van der Waals surface area contributed by atoms with E-state index in [0.29, 0.717) is 49.8 Å². The van der Waals surface area contributed by atoms with Crippen LogP contribution in [0.4, 0.5) is 0 Å². The first-order chi connectivity index (χ1) is 10.2. The summed E-state index contributed by atoms with van der Waals surface area (Å²) in [5.74, 6) is 0.630. The number of para-hydroxylation sites is 1. The molecule has 0 radical (unpaired) electrons. The number of piperidine rings is 1. The lowest BCUT2D eigenvalue weighted by molar-refractivity contribution is 0.00323. The fourth-order valence-corrected chi connectivity index (χ4v) is 2.80. The van der Waals surface area contributed by atoms with Crippen molar-refractivity contribution in [3.05, 3.63) is 23.8 Å². The summed E-state index contributed by atoms with van der Waals surface area (Å²) >= 11 is 0. The summed E-state index contributed by atoms with van der Waals surface area (Å²) in [4.78, 5) is 14.3. The fourth-order valence-electron chi connectivity index (χ4n) is 2.80. The van der Waals surface area contributed by atoms with Gasteiger partial charge in [-0.05, 0) is 18.6 Å². The van der Waals surface area contributed by atoms with Crippen molar-refractivity contribution in [1.29, 1.82) is 0 Å². The van der Waals surface area contributed by atoms with Crippen LogP contribution in [0.2, 0.25) is 0 Å². The summed E-state index contributed by atoms with van der Waals surface area (Å²) in [6, 6.07) is 5.26. The number of ether oxygens (including phenoxy) is 2. The fraction of sp³-hybridized carbons (Fsp3) is 0.533. The Morgan fingerprint density at radius 1 is 1.33 bits per heavy atom. The zero-order valence-corrected chi connectivity index (χ0v) is 11.7. The first kappa shape index (κ1) is 14.2. The number of aliphatic hydroxyl groups excluding tert-OH is 2. The van der Waals surface area contributed by atoms with Crippen molar-refractivity contribution in [3.63, 3.8) is 0 Å². The van der Waals surface area contributed by atoms with Gasteiger partial charge in [-0.3, -0.25) is 4.79 Å². The quantitative estimate of drug-likeness (QED) is 0.818. The second-order valence-electron chi connectivity index (χ2n) is 5.38. The van der Waals surface area contributed by atoms with Crippen LogP contribution in [0.1, 0.15) is 16.8 Å². The van der Waals surface area contributed by atoms with Gasteiger partial charge in [0.1, 0.15) is 13.2 Å². The summed E-state index contributed by atoms with van der Waals surface area (Å²) in [7, 11) is 0. The number of amides is 1. The number of rotatable bonds is 2. The van der Waals surface area contributed by atoms with E-state index < -0.39 is 6.10 Å². The van der Waals surface area contributed by atoms with E-state index in [2.05, 4.69) is 0 Å². The molecule has 0 spiro atoms. The molecule has 21 heavy (non-hydrogen) atoms. The van der Waals surface area contributed by atoms with Gasteiger partial charge in [0.25, 0.3) is 5.91 Å². The molecule has 0 aromatic heterocycles. The van der Waals surface area contributed by atoms with Crippen molar-refractivity contribution >= 4 is 5.91 Å². The monoisotopic (exact) mass is 293 g/mol. The van der Waals surface area contributed by atoms with Crippen LogP contribution >= 0.6 is 0 Å². The molecule has 1 aromatic carbocycles. The highest BCUT2D eigenvalue weighted by atomic mass is 16.6. The lowest BCUT2D eigenvalue weighted by Gasteiger charge is -2.35. The van der Waals surface area contributed by atoms with E-state index in [1.54, 1.807) is 23.1 Å². The number of aliphatic hydroxyl groups is 2. The molecule has 114 valence electrons. The maximum atomic E-state index is 12.7. The molecule has 1 amide bonds. The van der Waals surface area contributed by atoms with Crippen molar-refractivity contribution in [2.45, 2.75) is 12.5 Å². The molecule has 2 aliphatic heterocycles. The Balaban J connectivity index is 1.82. The van der Waals surface area contributed by atoms with E-state index in [1.165, 1.54) is 0 Å². The first-order valence-electron chi connectivity index (χ1n) is 7.17. The average molecular weight is 293 g/mol. The Labute approximate surface area is 122 Å². The third kappa shape index (κ3) is 2.69. The molecule has 6 heteroatoms. The largest absolute Gasteiger partial charge is 0.486 e. The number of carbonyl (C=O) groups excluding carboxylic acids is 1. The molecule has 1 saturated heterocycles. The zero-order valence-electron chi connectivity index (χ0n) is 11.7. The normalized spacial score (nSPS) is 24.8. The highest BCUT2D eigenvalue weighted by Crippen LogP contribution is 2.34. The molecular weight excluding hydrogens is 274 g/mol. The number of hydrogen-bond acceptors (Lipinski definition) is 5. The van der Waals surface area contributed by atoms with Crippen LogP contribution in [0.5, 0.6) is 11.5 Å². The topological polar surface area (TPSA) is 79.2 Å². The van der Waals surface area contributed by atoms with Crippen LogP contribution < -0.4 is 9.47 Å². The molecule has 0 bridgehead atoms. The predicted octanol–water partition coefficient (Wildman–Crippen LogP) is 0.273. The highest BCUT2D eigenvalue weighted by Gasteiger charge is 2.32. The van der Waals surface area contributed by atoms with Gasteiger partial charge in [0.15, 0.2) is 11.5 Å². The third-order valence-corrected chi connectivity index (χ3v) is 4.01. The number of benzene rings is 1. The van der Waals surface area contributed by atoms with E-state index in [0.717, 1.165) is 0 Å². The minimum Gasteiger partial charge on any atom is -0.486 e. The SMILES string of the molecule is O=C(c1cccc2c1OCCO2)N1CC[C@@H](O)[C@@H](CO)C1. The molecule has 0 saturated carbocycles. The Morgan fingerprint density at radius 2 is 2.14 bits per heavy atom. The number of carbonyl (C=O) groups is 1. The average Bonchev–Trinajstić information content (AvgIpc) is 2.54. The summed E-state index contributed by atoms with van der Waals surface area (Å²) in [5.41, 5.74) is 0.472. The third-order valence-electron chi connectivity index (χ3n) is 4.01. The Hall–Kier alpha value is -1.79. The number of likely N-dealkylation sites (tertiary alicyclic amines) is 1. The van der Waals surface area contributed by atoms with Crippen LogP contribution in [0.3, 0.4) is 0 Å². The predicted molar refractivity (Wildman–Crippen MR) is 74.5 cm³/mol. The van der Waals surface area contributed by atoms with Gasteiger partial charge >= 0.3 is 0 Å². The van der Waals surface area contributed by atoms with Crippen LogP contribution in [0, 0.1) is 5.92 Å². The minimum atomic E-state index is -0.552. The summed E-state index contributed by atoms with van der Waals surface area (Å²) in [6.07, 6.45) is -0.0769. The Bertz CT molecular complexity index is 533. The minimum absolute atomic E-state index is 0.128. The number of fused-ring (bicyclic) bond motifs is 1. The molecule has 2 atom stereocenters. The first-order valence-corrected chi connectivity index (χ1v) is 7.17. The highest BCUT2D eigenvalue weighted by molar-refractivity contribution is 5.98. The smallest absolute Gasteiger partial charge is 0.257 e. The maximum Gasteiger partial charge on any atom is 0.257 e. The van der Waals surface area contributed by atoms with Gasteiger partial charge in [-0.15, -0.1) is 0 Å². The van der Waals surface area contributed by atoms with Crippen molar-refractivity contribution in [3.8, 4) is 11.5 Å². The lowest BCUT2D eigenvalue weighted by Crippen LogP contribution is -2.47. The van der Waals surface area contributed by atoms with E-state index >= 15 is 0 Å². The van der Waals surface area contributed by atoms with Gasteiger partial charge in [0.2, 0.25) is 0 Å². The van der Waals surface area contributed by atoms with Crippen LogP contribution in [0.25, 0.3) is 0 Å². The second-order valence-corrected chi connectivity index (χ2v) is 5.38. The Kier molecular flexibility index (Phi) is 3.98. The van der Waals surface area contributed by atoms with Gasteiger partial charge in [-0.25, -0.2) is 0 Å². The second kappa shape index (κ2) is 5.91. The van der Waals surface area contributed by atoms with Crippen LogP contribution in [0.15, 0.2) is 18.2 Å². The van der Waals surface area contributed by atoms with Gasteiger partial charge in [-0.2, -0.15) is 0 Å². The van der Waals surface area contributed by atoms with Gasteiger partial charge in [0.05, 0.1) is 18.3 Å². The molecule has 1 fully saturated rings. The molecule has 2 aliphatic rings. The van der Waals surface area contributed by atoms with Crippen molar-refractivity contribution < 1.29 is 24.5 Å². The van der Waals surface area contributed by atoms with E-state index in [1.807, 2.05) is 0 Å². The molecule has 0 aliphatic carbocycles. The molecule has 1 aromatic rings. The standard InChI is InChI=1S/C15H19NO5/c17-9-10-8-16(5-4-12(10)18)15(19)11-2-1-3-13-14(11)21-7-6-20-13/h1-3,10,12,17-18H,4-9H2/t10-,12-/m1/s1. The van der Waals surface area contributed by atoms with Gasteiger partial charge in [-0.1, -0.05) is 6.07 Å². The van der Waals surface area contributed by atoms with Crippen molar-refractivity contribution in [2.75, 3.05) is 32.9 Å². The lowest BCUT2D eigenvalue weighted by atomic mass is 9.95. The van der Waals surface area contributed by atoms with E-state index in [-0.39, 0.29) is 18.4 Å². The van der Waals surface area contributed by atoms with Crippen molar-refractivity contribution in [1.82, 2.24) is 4.90 Å². The van der Waals surface area contributed by atoms with E-state index in [9.17, 15) is 15.0 Å². The van der Waals surface area contributed by atoms with Crippen molar-refractivity contribution in [2.24, 2.45) is 5.92 Å². The number of nitrogens with zero attached hydrogens (tertiary/aromatic N) is 1. The Morgan fingerprint density at radius 3 is 2.95 bits per heavy atom. The molecule has 0 unspecified atom stereocenters. The van der Waals surface area contributed by atoms with Gasteiger partial charge in [0, 0.05) is 19.0 Å². The number of hydrogen-bond donors (Lipinski definition) is 2. The summed E-state index contributed by atoms with van der Waals surface area (Å²) in [6.45, 7) is 1.60. The molecule has 6 nitrogen and oxygen atoms in total.